The van der Waals surface area contributed by atoms with Gasteiger partial charge in [0.1, 0.15) is 16.6 Å². The van der Waals surface area contributed by atoms with Crippen LogP contribution in [-0.2, 0) is 17.8 Å². The van der Waals surface area contributed by atoms with E-state index in [0.29, 0.717) is 29.4 Å². The van der Waals surface area contributed by atoms with Gasteiger partial charge in [-0.1, -0.05) is 23.5 Å². The molecule has 0 aliphatic rings. The fraction of sp³-hybridized carbons (Fsp3) is 0.200. The summed E-state index contributed by atoms with van der Waals surface area (Å²) in [6, 6.07) is 12.9. The maximum Gasteiger partial charge on any atom is 0.286 e. The summed E-state index contributed by atoms with van der Waals surface area (Å²) in [5.74, 6) is -0.143. The van der Waals surface area contributed by atoms with Crippen molar-refractivity contribution in [2.75, 3.05) is 12.4 Å². The monoisotopic (exact) mass is 414 g/mol. The van der Waals surface area contributed by atoms with Crippen LogP contribution in [0.1, 0.15) is 26.8 Å². The Bertz CT molecular complexity index is 974. The first-order valence-electron chi connectivity index (χ1n) is 8.82. The van der Waals surface area contributed by atoms with Crippen LogP contribution in [0.4, 0.5) is 10.1 Å². The van der Waals surface area contributed by atoms with Crippen molar-refractivity contribution in [1.82, 2.24) is 15.5 Å². The standard InChI is InChI=1S/C20H19FN4O3S/c1-28-16-8-6-15(7-9-16)23-19(27)20-25-24-18(29-20)11-10-17(26)22-12-13-2-4-14(21)5-3-13/h2-9H,10-12H2,1H3,(H,22,26)(H,23,27). The van der Waals surface area contributed by atoms with Gasteiger partial charge in [0.15, 0.2) is 0 Å². The molecule has 3 aromatic rings. The van der Waals surface area contributed by atoms with Crippen molar-refractivity contribution in [2.24, 2.45) is 0 Å². The molecule has 0 fully saturated rings. The third kappa shape index (κ3) is 6.08. The number of nitrogens with one attached hydrogen (secondary N) is 2. The molecule has 0 aliphatic carbocycles. The molecule has 0 bridgehead atoms. The van der Waals surface area contributed by atoms with E-state index < -0.39 is 0 Å². The number of carbonyl (C=O) groups excluding carboxylic acids is 2. The van der Waals surface area contributed by atoms with Gasteiger partial charge in [0.2, 0.25) is 10.9 Å². The summed E-state index contributed by atoms with van der Waals surface area (Å²) < 4.78 is 17.9. The maximum absolute atomic E-state index is 12.9. The minimum Gasteiger partial charge on any atom is -0.497 e. The minimum atomic E-state index is -0.361. The number of hydrogen-bond donors (Lipinski definition) is 2. The first-order chi connectivity index (χ1) is 14.0. The lowest BCUT2D eigenvalue weighted by Gasteiger charge is -2.04. The first kappa shape index (κ1) is 20.4. The summed E-state index contributed by atoms with van der Waals surface area (Å²) in [6.07, 6.45) is 0.596. The lowest BCUT2D eigenvalue weighted by Crippen LogP contribution is -2.22. The number of ether oxygens (including phenoxy) is 1. The Kier molecular flexibility index (Phi) is 6.85. The third-order valence-electron chi connectivity index (χ3n) is 3.98. The number of hydrogen-bond acceptors (Lipinski definition) is 6. The summed E-state index contributed by atoms with van der Waals surface area (Å²) in [4.78, 5) is 24.2. The number of nitrogens with zero attached hydrogens (tertiary/aromatic N) is 2. The Hall–Kier alpha value is -3.33. The molecule has 7 nitrogen and oxygen atoms in total. The van der Waals surface area contributed by atoms with Crippen LogP contribution in [0.3, 0.4) is 0 Å². The van der Waals surface area contributed by atoms with E-state index in [0.717, 1.165) is 16.9 Å². The van der Waals surface area contributed by atoms with Crippen LogP contribution < -0.4 is 15.4 Å². The van der Waals surface area contributed by atoms with Gasteiger partial charge in [-0.3, -0.25) is 9.59 Å². The van der Waals surface area contributed by atoms with Crippen LogP contribution in [0.25, 0.3) is 0 Å². The van der Waals surface area contributed by atoms with Gasteiger partial charge < -0.3 is 15.4 Å². The largest absolute Gasteiger partial charge is 0.497 e. The zero-order valence-corrected chi connectivity index (χ0v) is 16.5. The SMILES string of the molecule is COc1ccc(NC(=O)c2nnc(CCC(=O)NCc3ccc(F)cc3)s2)cc1. The van der Waals surface area contributed by atoms with Crippen LogP contribution in [0, 0.1) is 5.82 Å². The highest BCUT2D eigenvalue weighted by atomic mass is 32.1. The quantitative estimate of drug-likeness (QED) is 0.591. The Morgan fingerprint density at radius 1 is 1.07 bits per heavy atom. The fourth-order valence-corrected chi connectivity index (χ4v) is 3.15. The number of methoxy groups -OCH3 is 1. The van der Waals surface area contributed by atoms with Crippen molar-refractivity contribution in [3.63, 3.8) is 0 Å². The number of amides is 2. The predicted molar refractivity (Wildman–Crippen MR) is 107 cm³/mol. The highest BCUT2D eigenvalue weighted by Crippen LogP contribution is 2.17. The second kappa shape index (κ2) is 9.74. The van der Waals surface area contributed by atoms with Gasteiger partial charge in [0.05, 0.1) is 7.11 Å². The molecule has 1 aromatic heterocycles. The van der Waals surface area contributed by atoms with Crippen molar-refractivity contribution in [3.05, 3.63) is 69.9 Å². The van der Waals surface area contributed by atoms with E-state index >= 15 is 0 Å². The molecular formula is C20H19FN4O3S. The van der Waals surface area contributed by atoms with E-state index in [-0.39, 0.29) is 29.1 Å². The molecule has 1 heterocycles. The Morgan fingerprint density at radius 3 is 2.48 bits per heavy atom. The number of anilines is 1. The molecule has 0 atom stereocenters. The number of halogens is 1. The van der Waals surface area contributed by atoms with Crippen molar-refractivity contribution in [1.29, 1.82) is 0 Å². The highest BCUT2D eigenvalue weighted by molar-refractivity contribution is 7.13. The molecule has 2 amide bonds. The number of carbonyl (C=O) groups is 2. The number of aryl methyl sites for hydroxylation is 1. The molecule has 0 unspecified atom stereocenters. The molecule has 0 saturated carbocycles. The van der Waals surface area contributed by atoms with Gasteiger partial charge in [-0.25, -0.2) is 4.39 Å². The van der Waals surface area contributed by atoms with Gasteiger partial charge in [0.25, 0.3) is 5.91 Å². The topological polar surface area (TPSA) is 93.2 Å². The smallest absolute Gasteiger partial charge is 0.286 e. The van der Waals surface area contributed by atoms with E-state index in [4.69, 9.17) is 4.74 Å². The zero-order chi connectivity index (χ0) is 20.6. The molecular weight excluding hydrogens is 395 g/mol. The average molecular weight is 414 g/mol. The van der Waals surface area contributed by atoms with E-state index in [2.05, 4.69) is 20.8 Å². The number of rotatable bonds is 8. The molecule has 0 spiro atoms. The molecule has 2 aromatic carbocycles. The summed E-state index contributed by atoms with van der Waals surface area (Å²) in [5, 5.41) is 14.2. The van der Waals surface area contributed by atoms with Crippen molar-refractivity contribution < 1.29 is 18.7 Å². The third-order valence-corrected chi connectivity index (χ3v) is 4.96. The molecule has 3 rings (SSSR count). The first-order valence-corrected chi connectivity index (χ1v) is 9.64. The van der Waals surface area contributed by atoms with Crippen LogP contribution in [0.15, 0.2) is 48.5 Å². The summed E-state index contributed by atoms with van der Waals surface area (Å²) in [5.41, 5.74) is 1.43. The van der Waals surface area contributed by atoms with Crippen molar-refractivity contribution >= 4 is 28.8 Å². The van der Waals surface area contributed by atoms with Gasteiger partial charge in [0, 0.05) is 25.1 Å². The Balaban J connectivity index is 1.45. The average Bonchev–Trinajstić information content (AvgIpc) is 3.22. The fourth-order valence-electron chi connectivity index (χ4n) is 2.42. The Labute approximate surface area is 170 Å². The minimum absolute atomic E-state index is 0.159. The van der Waals surface area contributed by atoms with Crippen LogP contribution >= 0.6 is 11.3 Å². The van der Waals surface area contributed by atoms with Crippen LogP contribution in [-0.4, -0.2) is 29.1 Å². The van der Waals surface area contributed by atoms with Gasteiger partial charge >= 0.3 is 0 Å². The Morgan fingerprint density at radius 2 is 1.79 bits per heavy atom. The zero-order valence-electron chi connectivity index (χ0n) is 15.6. The molecule has 0 saturated heterocycles. The number of aromatic nitrogens is 2. The second-order valence-electron chi connectivity index (χ2n) is 6.09. The lowest BCUT2D eigenvalue weighted by molar-refractivity contribution is -0.121. The summed E-state index contributed by atoms with van der Waals surface area (Å²) >= 11 is 1.15. The summed E-state index contributed by atoms with van der Waals surface area (Å²) in [6.45, 7) is 0.324. The van der Waals surface area contributed by atoms with Gasteiger partial charge in [-0.05, 0) is 42.0 Å². The second-order valence-corrected chi connectivity index (χ2v) is 7.15. The molecule has 2 N–H and O–H groups in total. The van der Waals surface area contributed by atoms with Gasteiger partial charge in [-0.15, -0.1) is 10.2 Å². The molecule has 9 heteroatoms. The maximum atomic E-state index is 12.9. The predicted octanol–water partition coefficient (Wildman–Crippen LogP) is 3.19. The normalized spacial score (nSPS) is 10.4. The van der Waals surface area contributed by atoms with E-state index in [9.17, 15) is 14.0 Å². The lowest BCUT2D eigenvalue weighted by atomic mass is 10.2. The van der Waals surface area contributed by atoms with E-state index in [1.165, 1.54) is 12.1 Å². The van der Waals surface area contributed by atoms with Crippen LogP contribution in [0.5, 0.6) is 5.75 Å². The van der Waals surface area contributed by atoms with Gasteiger partial charge in [-0.2, -0.15) is 0 Å². The summed E-state index contributed by atoms with van der Waals surface area (Å²) in [7, 11) is 1.57. The van der Waals surface area contributed by atoms with E-state index in [1.807, 2.05) is 0 Å². The molecule has 150 valence electrons. The van der Waals surface area contributed by atoms with Crippen molar-refractivity contribution in [3.8, 4) is 5.75 Å². The van der Waals surface area contributed by atoms with Crippen molar-refractivity contribution in [2.45, 2.75) is 19.4 Å². The highest BCUT2D eigenvalue weighted by Gasteiger charge is 2.14. The van der Waals surface area contributed by atoms with Crippen LogP contribution in [0.2, 0.25) is 0 Å². The number of benzene rings is 2. The van der Waals surface area contributed by atoms with E-state index in [1.54, 1.807) is 43.5 Å². The molecule has 0 aliphatic heterocycles. The molecule has 0 radical (unpaired) electrons. The molecule has 29 heavy (non-hydrogen) atoms.